The number of aliphatic hydroxyl groups is 1. The van der Waals surface area contributed by atoms with Crippen molar-refractivity contribution in [3.05, 3.63) is 42.6 Å². The number of likely N-dealkylation sites (tertiary alicyclic amines) is 1. The number of amides is 2. The highest BCUT2D eigenvalue weighted by molar-refractivity contribution is 5.95. The summed E-state index contributed by atoms with van der Waals surface area (Å²) in [5, 5.41) is 12.8. The first-order valence-electron chi connectivity index (χ1n) is 9.39. The number of halogens is 1. The van der Waals surface area contributed by atoms with Crippen LogP contribution >= 0.6 is 0 Å². The molecule has 3 heterocycles. The maximum Gasteiger partial charge on any atom is 0.255 e. The van der Waals surface area contributed by atoms with Crippen LogP contribution in [0.1, 0.15) is 29.6 Å². The number of hydrogen-bond donors (Lipinski definition) is 2. The van der Waals surface area contributed by atoms with Crippen molar-refractivity contribution in [2.75, 3.05) is 13.1 Å². The summed E-state index contributed by atoms with van der Waals surface area (Å²) >= 11 is 0. The fourth-order valence-electron chi connectivity index (χ4n) is 3.57. The summed E-state index contributed by atoms with van der Waals surface area (Å²) in [4.78, 5) is 34.5. The van der Waals surface area contributed by atoms with Crippen LogP contribution in [0, 0.1) is 5.92 Å². The topological polar surface area (TPSA) is 100 Å². The number of hydrogen-bond acceptors (Lipinski definition) is 5. The van der Waals surface area contributed by atoms with Gasteiger partial charge in [-0.05, 0) is 30.9 Å². The highest BCUT2D eigenvalue weighted by atomic mass is 19.1. The highest BCUT2D eigenvalue weighted by Crippen LogP contribution is 2.31. The second kappa shape index (κ2) is 7.67. The lowest BCUT2D eigenvalue weighted by Gasteiger charge is -2.28. The largest absolute Gasteiger partial charge is 0.389 e. The Bertz CT molecular complexity index is 855. The lowest BCUT2D eigenvalue weighted by molar-refractivity contribution is -0.130. The molecule has 4 rings (SSSR count). The zero-order valence-corrected chi connectivity index (χ0v) is 15.2. The number of nitrogens with one attached hydrogen (secondary N) is 1. The minimum absolute atomic E-state index is 0.0763. The van der Waals surface area contributed by atoms with E-state index in [2.05, 4.69) is 15.3 Å². The minimum atomic E-state index is -1.55. The van der Waals surface area contributed by atoms with Gasteiger partial charge in [-0.1, -0.05) is 6.42 Å². The van der Waals surface area contributed by atoms with E-state index in [1.807, 2.05) is 0 Å². The lowest BCUT2D eigenvalue weighted by Crippen LogP contribution is -2.48. The molecular formula is C19H22FN5O3. The third-order valence-electron chi connectivity index (χ3n) is 5.48. The van der Waals surface area contributed by atoms with Gasteiger partial charge < -0.3 is 15.3 Å². The van der Waals surface area contributed by atoms with Gasteiger partial charge in [-0.15, -0.1) is 0 Å². The molecule has 1 aliphatic carbocycles. The van der Waals surface area contributed by atoms with Crippen molar-refractivity contribution in [1.82, 2.24) is 24.8 Å². The fraction of sp³-hybridized carbons (Fsp3) is 0.474. The molecule has 1 aliphatic heterocycles. The monoisotopic (exact) mass is 387 g/mol. The Morgan fingerprint density at radius 1 is 1.29 bits per heavy atom. The molecule has 0 bridgehead atoms. The molecule has 2 fully saturated rings. The number of aliphatic hydroxyl groups excluding tert-OH is 1. The van der Waals surface area contributed by atoms with Gasteiger partial charge in [-0.3, -0.25) is 14.2 Å². The Morgan fingerprint density at radius 3 is 2.79 bits per heavy atom. The molecule has 0 radical (unpaired) electrons. The molecule has 2 aliphatic rings. The predicted octanol–water partition coefficient (Wildman–Crippen LogP) is 0.707. The molecule has 148 valence electrons. The number of β-amino-alcohol motifs (C(OH)–C–C–N with tert-alkyl or cyclic N) is 1. The molecule has 2 amide bonds. The zero-order valence-electron chi connectivity index (χ0n) is 15.2. The number of rotatable bonds is 5. The fourth-order valence-corrected chi connectivity index (χ4v) is 3.57. The van der Waals surface area contributed by atoms with Crippen molar-refractivity contribution in [2.24, 2.45) is 5.92 Å². The van der Waals surface area contributed by atoms with Crippen LogP contribution in [0.2, 0.25) is 0 Å². The SMILES string of the molecule is O=C(N[C@@H]1CN(C(=O)c2ccnc(-n3ccnc3)c2)C[C@H]1O)C(F)C1CCC1. The number of aromatic nitrogens is 3. The van der Waals surface area contributed by atoms with Crippen LogP contribution in [0.4, 0.5) is 4.39 Å². The Balaban J connectivity index is 1.40. The Kier molecular flexibility index (Phi) is 5.08. The van der Waals surface area contributed by atoms with E-state index in [1.54, 1.807) is 35.4 Å². The van der Waals surface area contributed by atoms with E-state index in [0.29, 0.717) is 24.2 Å². The smallest absolute Gasteiger partial charge is 0.255 e. The molecule has 28 heavy (non-hydrogen) atoms. The van der Waals surface area contributed by atoms with Crippen LogP contribution in [-0.4, -0.2) is 67.8 Å². The van der Waals surface area contributed by atoms with E-state index >= 15 is 0 Å². The summed E-state index contributed by atoms with van der Waals surface area (Å²) in [5.41, 5.74) is 0.413. The standard InChI is InChI=1S/C19H22FN5O3/c20-17(12-2-1-3-12)18(27)23-14-9-25(10-15(14)26)19(28)13-4-5-22-16(8-13)24-7-6-21-11-24/h4-8,11-12,14-15,17,26H,1-3,9-10H2,(H,23,27)/t14-,15-,17?/m1/s1. The van der Waals surface area contributed by atoms with Gasteiger partial charge in [0.1, 0.15) is 12.1 Å². The number of carbonyl (C=O) groups is 2. The highest BCUT2D eigenvalue weighted by Gasteiger charge is 2.39. The Labute approximate surface area is 161 Å². The second-order valence-corrected chi connectivity index (χ2v) is 7.36. The quantitative estimate of drug-likeness (QED) is 0.787. The lowest BCUT2D eigenvalue weighted by atomic mass is 9.81. The average molecular weight is 387 g/mol. The number of nitrogens with zero attached hydrogens (tertiary/aromatic N) is 4. The first-order valence-corrected chi connectivity index (χ1v) is 9.39. The maximum atomic E-state index is 14.1. The van der Waals surface area contributed by atoms with Crippen LogP contribution in [0.25, 0.3) is 5.82 Å². The van der Waals surface area contributed by atoms with Crippen molar-refractivity contribution < 1.29 is 19.1 Å². The van der Waals surface area contributed by atoms with Gasteiger partial charge in [0.25, 0.3) is 11.8 Å². The molecule has 0 spiro atoms. The van der Waals surface area contributed by atoms with Crippen LogP contribution in [0.5, 0.6) is 0 Å². The minimum Gasteiger partial charge on any atom is -0.389 e. The molecule has 1 saturated heterocycles. The van der Waals surface area contributed by atoms with Crippen LogP contribution < -0.4 is 5.32 Å². The average Bonchev–Trinajstić information content (AvgIpc) is 3.30. The van der Waals surface area contributed by atoms with Crippen molar-refractivity contribution in [2.45, 2.75) is 37.6 Å². The summed E-state index contributed by atoms with van der Waals surface area (Å²) in [6.07, 6.45) is 6.33. The van der Waals surface area contributed by atoms with Gasteiger partial charge in [0.2, 0.25) is 0 Å². The molecule has 2 aromatic heterocycles. The van der Waals surface area contributed by atoms with Gasteiger partial charge in [0.05, 0.1) is 12.1 Å². The first-order chi connectivity index (χ1) is 13.5. The summed E-state index contributed by atoms with van der Waals surface area (Å²) in [6, 6.07) is 2.55. The Morgan fingerprint density at radius 2 is 2.11 bits per heavy atom. The van der Waals surface area contributed by atoms with E-state index in [9.17, 15) is 19.1 Å². The van der Waals surface area contributed by atoms with Gasteiger partial charge in [0.15, 0.2) is 6.17 Å². The Hall–Kier alpha value is -2.81. The molecule has 1 saturated carbocycles. The summed E-state index contributed by atoms with van der Waals surface area (Å²) in [6.45, 7) is 0.207. The van der Waals surface area contributed by atoms with Gasteiger partial charge in [-0.2, -0.15) is 0 Å². The summed E-state index contributed by atoms with van der Waals surface area (Å²) in [5.74, 6) is -0.659. The predicted molar refractivity (Wildman–Crippen MR) is 97.4 cm³/mol. The van der Waals surface area contributed by atoms with E-state index in [-0.39, 0.29) is 24.9 Å². The van der Waals surface area contributed by atoms with Crippen LogP contribution in [-0.2, 0) is 4.79 Å². The summed E-state index contributed by atoms with van der Waals surface area (Å²) < 4.78 is 15.8. The third kappa shape index (κ3) is 3.62. The van der Waals surface area contributed by atoms with Crippen molar-refractivity contribution in [3.63, 3.8) is 0 Å². The molecule has 2 N–H and O–H groups in total. The molecule has 9 heteroatoms. The van der Waals surface area contributed by atoms with Gasteiger partial charge >= 0.3 is 0 Å². The van der Waals surface area contributed by atoms with Crippen LogP contribution in [0.3, 0.4) is 0 Å². The molecule has 0 aromatic carbocycles. The second-order valence-electron chi connectivity index (χ2n) is 7.36. The third-order valence-corrected chi connectivity index (χ3v) is 5.48. The van der Waals surface area contributed by atoms with Gasteiger partial charge in [-0.25, -0.2) is 14.4 Å². The number of carbonyl (C=O) groups excluding carboxylic acids is 2. The van der Waals surface area contributed by atoms with Gasteiger partial charge in [0, 0.05) is 37.2 Å². The van der Waals surface area contributed by atoms with E-state index in [0.717, 1.165) is 6.42 Å². The van der Waals surface area contributed by atoms with E-state index < -0.39 is 24.2 Å². The molecule has 1 unspecified atom stereocenters. The van der Waals surface area contributed by atoms with Crippen molar-refractivity contribution in [1.29, 1.82) is 0 Å². The zero-order chi connectivity index (χ0) is 19.7. The summed E-state index contributed by atoms with van der Waals surface area (Å²) in [7, 11) is 0. The normalized spacial score (nSPS) is 23.3. The molecule has 2 aromatic rings. The molecule has 8 nitrogen and oxygen atoms in total. The van der Waals surface area contributed by atoms with Crippen molar-refractivity contribution >= 4 is 11.8 Å². The first kappa shape index (κ1) is 18.5. The molecular weight excluding hydrogens is 365 g/mol. The van der Waals surface area contributed by atoms with Crippen molar-refractivity contribution in [3.8, 4) is 5.82 Å². The van der Waals surface area contributed by atoms with Crippen LogP contribution in [0.15, 0.2) is 37.1 Å². The number of pyridine rings is 1. The number of imidazole rings is 1. The van der Waals surface area contributed by atoms with E-state index in [4.69, 9.17) is 0 Å². The van der Waals surface area contributed by atoms with E-state index in [1.165, 1.54) is 11.1 Å². The maximum absolute atomic E-state index is 14.1. The molecule has 3 atom stereocenters. The number of alkyl halides is 1.